The van der Waals surface area contributed by atoms with Crippen molar-refractivity contribution in [3.05, 3.63) is 34.5 Å². The Kier molecular flexibility index (Phi) is 6.60. The minimum absolute atomic E-state index is 0.00593. The molecule has 0 aliphatic carbocycles. The number of rotatable bonds is 8. The van der Waals surface area contributed by atoms with Gasteiger partial charge in [-0.1, -0.05) is 25.1 Å². The van der Waals surface area contributed by atoms with Crippen LogP contribution in [-0.2, 0) is 21.2 Å². The lowest BCUT2D eigenvalue weighted by Gasteiger charge is -2.30. The van der Waals surface area contributed by atoms with E-state index in [1.165, 1.54) is 0 Å². The summed E-state index contributed by atoms with van der Waals surface area (Å²) in [5, 5.41) is 1.98. The predicted molar refractivity (Wildman–Crippen MR) is 98.9 cm³/mol. The second-order valence-electron chi connectivity index (χ2n) is 6.42. The third-order valence-corrected chi connectivity index (χ3v) is 6.79. The molecule has 134 valence electrons. The number of carbonyl (C=O) groups excluding carboxylic acids is 1. The van der Waals surface area contributed by atoms with E-state index in [-0.39, 0.29) is 23.5 Å². The summed E-state index contributed by atoms with van der Waals surface area (Å²) >= 11 is 1.59. The first kappa shape index (κ1) is 19.1. The van der Waals surface area contributed by atoms with E-state index in [2.05, 4.69) is 6.58 Å². The van der Waals surface area contributed by atoms with Crippen LogP contribution >= 0.6 is 11.3 Å². The molecular formula is C17H26N2O3S2. The summed E-state index contributed by atoms with van der Waals surface area (Å²) in [7, 11) is -3.02. The Hall–Kier alpha value is -1.18. The van der Waals surface area contributed by atoms with E-state index in [4.69, 9.17) is 0 Å². The third kappa shape index (κ3) is 5.43. The molecule has 1 unspecified atom stereocenters. The van der Waals surface area contributed by atoms with Gasteiger partial charge >= 0.3 is 0 Å². The van der Waals surface area contributed by atoms with Crippen molar-refractivity contribution in [2.45, 2.75) is 32.9 Å². The Labute approximate surface area is 148 Å². The number of hydrogen-bond acceptors (Lipinski definition) is 5. The van der Waals surface area contributed by atoms with Crippen molar-refractivity contribution in [3.63, 3.8) is 0 Å². The molecule has 0 aromatic carbocycles. The third-order valence-electron chi connectivity index (χ3n) is 4.18. The van der Waals surface area contributed by atoms with Crippen molar-refractivity contribution in [1.82, 2.24) is 9.80 Å². The molecule has 0 radical (unpaired) electrons. The van der Waals surface area contributed by atoms with E-state index in [0.29, 0.717) is 26.1 Å². The second-order valence-corrected chi connectivity index (χ2v) is 9.68. The van der Waals surface area contributed by atoms with E-state index in [9.17, 15) is 13.2 Å². The van der Waals surface area contributed by atoms with E-state index in [1.54, 1.807) is 16.2 Å². The van der Waals surface area contributed by atoms with Crippen LogP contribution in [-0.4, -0.2) is 61.3 Å². The first-order valence-corrected chi connectivity index (χ1v) is 10.9. The molecule has 1 aliphatic heterocycles. The van der Waals surface area contributed by atoms with Crippen molar-refractivity contribution in [2.75, 3.05) is 31.1 Å². The zero-order valence-electron chi connectivity index (χ0n) is 14.4. The van der Waals surface area contributed by atoms with Crippen molar-refractivity contribution in [3.8, 4) is 0 Å². The summed E-state index contributed by atoms with van der Waals surface area (Å²) in [5.41, 5.74) is 1.01. The summed E-state index contributed by atoms with van der Waals surface area (Å²) in [6.45, 7) is 10.1. The van der Waals surface area contributed by atoms with Gasteiger partial charge in [0.15, 0.2) is 9.84 Å². The molecule has 0 N–H and O–H groups in total. The van der Waals surface area contributed by atoms with Gasteiger partial charge in [-0.3, -0.25) is 9.69 Å². The highest BCUT2D eigenvalue weighted by Gasteiger charge is 2.35. The van der Waals surface area contributed by atoms with Gasteiger partial charge < -0.3 is 4.90 Å². The maximum Gasteiger partial charge on any atom is 0.237 e. The smallest absolute Gasteiger partial charge is 0.237 e. The molecule has 1 atom stereocenters. The fourth-order valence-corrected chi connectivity index (χ4v) is 5.39. The van der Waals surface area contributed by atoms with Gasteiger partial charge in [0.1, 0.15) is 0 Å². The average molecular weight is 371 g/mol. The topological polar surface area (TPSA) is 57.7 Å². The molecule has 1 fully saturated rings. The molecule has 0 spiro atoms. The molecule has 24 heavy (non-hydrogen) atoms. The van der Waals surface area contributed by atoms with Crippen molar-refractivity contribution < 1.29 is 13.2 Å². The van der Waals surface area contributed by atoms with E-state index in [1.807, 2.05) is 36.3 Å². The highest BCUT2D eigenvalue weighted by Crippen LogP contribution is 2.22. The molecule has 1 aromatic rings. The molecule has 0 saturated carbocycles. The van der Waals surface area contributed by atoms with Gasteiger partial charge in [0.2, 0.25) is 5.91 Å². The zero-order valence-corrected chi connectivity index (χ0v) is 16.0. The molecular weight excluding hydrogens is 344 g/mol. The van der Waals surface area contributed by atoms with Crippen LogP contribution in [0, 0.1) is 0 Å². The van der Waals surface area contributed by atoms with Crippen LogP contribution in [0.2, 0.25) is 0 Å². The predicted octanol–water partition coefficient (Wildman–Crippen LogP) is 2.16. The summed E-state index contributed by atoms with van der Waals surface area (Å²) in [4.78, 5) is 17.8. The van der Waals surface area contributed by atoms with Gasteiger partial charge in [-0.25, -0.2) is 8.42 Å². The maximum atomic E-state index is 12.9. The minimum atomic E-state index is -3.02. The largest absolute Gasteiger partial charge is 0.332 e. The fourth-order valence-electron chi connectivity index (χ4n) is 2.96. The Morgan fingerprint density at radius 1 is 1.42 bits per heavy atom. The van der Waals surface area contributed by atoms with Crippen LogP contribution in [0.25, 0.3) is 0 Å². The molecule has 2 rings (SSSR count). The van der Waals surface area contributed by atoms with Crippen LogP contribution in [0.1, 0.15) is 25.1 Å². The Bertz CT molecular complexity index is 668. The summed E-state index contributed by atoms with van der Waals surface area (Å²) in [6.07, 6.45) is 0.534. The fraction of sp³-hybridized carbons (Fsp3) is 0.588. The standard InChI is InChI=1S/C17H26N2O3S2/c1-4-18(10-14(2)3)12-17(20)19(11-16-6-5-8-23-16)15-7-9-24(21,22)13-15/h5-6,8,15H,2,4,7,9-13H2,1,3H3. The van der Waals surface area contributed by atoms with Crippen molar-refractivity contribution >= 4 is 27.1 Å². The highest BCUT2D eigenvalue weighted by atomic mass is 32.2. The SMILES string of the molecule is C=C(C)CN(CC)CC(=O)N(Cc1cccs1)C1CCS(=O)(=O)C1. The van der Waals surface area contributed by atoms with E-state index < -0.39 is 9.84 Å². The van der Waals surface area contributed by atoms with Crippen LogP contribution in [0.15, 0.2) is 29.7 Å². The summed E-state index contributed by atoms with van der Waals surface area (Å²) in [6, 6.07) is 3.72. The summed E-state index contributed by atoms with van der Waals surface area (Å²) < 4.78 is 23.7. The summed E-state index contributed by atoms with van der Waals surface area (Å²) in [5.74, 6) is 0.250. The number of amides is 1. The number of sulfone groups is 1. The Morgan fingerprint density at radius 3 is 2.67 bits per heavy atom. The number of nitrogens with zero attached hydrogens (tertiary/aromatic N) is 2. The van der Waals surface area contributed by atoms with Gasteiger partial charge in [-0.15, -0.1) is 11.3 Å². The van der Waals surface area contributed by atoms with E-state index >= 15 is 0 Å². The zero-order chi connectivity index (χ0) is 17.7. The number of carbonyl (C=O) groups is 1. The second kappa shape index (κ2) is 8.27. The Balaban J connectivity index is 2.12. The van der Waals surface area contributed by atoms with Gasteiger partial charge in [0, 0.05) is 17.5 Å². The van der Waals surface area contributed by atoms with Crippen LogP contribution in [0.4, 0.5) is 0 Å². The molecule has 5 nitrogen and oxygen atoms in total. The first-order chi connectivity index (χ1) is 11.3. The van der Waals surface area contributed by atoms with Gasteiger partial charge in [-0.05, 0) is 31.3 Å². The molecule has 1 amide bonds. The Morgan fingerprint density at radius 2 is 2.17 bits per heavy atom. The molecule has 1 saturated heterocycles. The van der Waals surface area contributed by atoms with E-state index in [0.717, 1.165) is 17.0 Å². The average Bonchev–Trinajstić information content (AvgIpc) is 3.12. The molecule has 2 heterocycles. The lowest BCUT2D eigenvalue weighted by atomic mass is 10.2. The monoisotopic (exact) mass is 370 g/mol. The van der Waals surface area contributed by atoms with Crippen molar-refractivity contribution in [1.29, 1.82) is 0 Å². The quantitative estimate of drug-likeness (QED) is 0.658. The maximum absolute atomic E-state index is 12.9. The molecule has 7 heteroatoms. The van der Waals surface area contributed by atoms with Gasteiger partial charge in [-0.2, -0.15) is 0 Å². The highest BCUT2D eigenvalue weighted by molar-refractivity contribution is 7.91. The van der Waals surface area contributed by atoms with Gasteiger partial charge in [0.25, 0.3) is 0 Å². The van der Waals surface area contributed by atoms with Crippen LogP contribution in [0.3, 0.4) is 0 Å². The lowest BCUT2D eigenvalue weighted by Crippen LogP contribution is -2.46. The van der Waals surface area contributed by atoms with Crippen LogP contribution < -0.4 is 0 Å². The number of hydrogen-bond donors (Lipinski definition) is 0. The number of thiophene rings is 1. The van der Waals surface area contributed by atoms with Crippen molar-refractivity contribution in [2.24, 2.45) is 0 Å². The first-order valence-electron chi connectivity index (χ1n) is 8.19. The number of likely N-dealkylation sites (N-methyl/N-ethyl adjacent to an activating group) is 1. The molecule has 0 bridgehead atoms. The molecule has 1 aliphatic rings. The van der Waals surface area contributed by atoms with Crippen LogP contribution in [0.5, 0.6) is 0 Å². The minimum Gasteiger partial charge on any atom is -0.332 e. The van der Waals surface area contributed by atoms with Gasteiger partial charge in [0.05, 0.1) is 24.6 Å². The normalized spacial score (nSPS) is 19.5. The molecule has 1 aromatic heterocycles. The lowest BCUT2D eigenvalue weighted by molar-refractivity contribution is -0.134.